The number of Topliss-reactive ketones (excluding diaryl/α,β-unsaturated/α-hetero) is 1. The number of carbonyl (C=O) groups excluding carboxylic acids is 1. The summed E-state index contributed by atoms with van der Waals surface area (Å²) in [7, 11) is 0. The first-order chi connectivity index (χ1) is 9.67. The molecular weight excluding hydrogens is 256 g/mol. The Morgan fingerprint density at radius 2 is 2.45 bits per heavy atom. The number of nitrogens with zero attached hydrogens (tertiary/aromatic N) is 4. The summed E-state index contributed by atoms with van der Waals surface area (Å²) >= 11 is 0. The Morgan fingerprint density at radius 3 is 3.15 bits per heavy atom. The first-order valence-electron chi connectivity index (χ1n) is 6.98. The van der Waals surface area contributed by atoms with Crippen molar-refractivity contribution in [3.05, 3.63) is 10.4 Å². The van der Waals surface area contributed by atoms with Gasteiger partial charge < -0.3 is 4.74 Å². The van der Waals surface area contributed by atoms with Crippen LogP contribution in [0.3, 0.4) is 0 Å². The van der Waals surface area contributed by atoms with E-state index in [2.05, 4.69) is 20.8 Å². The third-order valence-corrected chi connectivity index (χ3v) is 3.40. The van der Waals surface area contributed by atoms with Crippen LogP contribution in [0.15, 0.2) is 5.11 Å². The molecule has 2 unspecified atom stereocenters. The average molecular weight is 278 g/mol. The molecule has 1 rings (SSSR count). The van der Waals surface area contributed by atoms with Gasteiger partial charge in [0.25, 0.3) is 0 Å². The van der Waals surface area contributed by atoms with Gasteiger partial charge in [-0.05, 0) is 24.9 Å². The number of azide groups is 1. The molecule has 1 aliphatic rings. The highest BCUT2D eigenvalue weighted by atomic mass is 16.5. The van der Waals surface area contributed by atoms with E-state index in [1.54, 1.807) is 6.92 Å². The van der Waals surface area contributed by atoms with E-state index in [-0.39, 0.29) is 17.9 Å². The average Bonchev–Trinajstić information content (AvgIpc) is 2.41. The fraction of sp³-hybridized carbons (Fsp3) is 0.786. The van der Waals surface area contributed by atoms with Crippen LogP contribution in [0.25, 0.3) is 10.4 Å². The van der Waals surface area contributed by atoms with E-state index in [1.807, 2.05) is 0 Å². The number of carbonyl (C=O) groups is 1. The predicted molar refractivity (Wildman–Crippen MR) is 77.1 cm³/mol. The van der Waals surface area contributed by atoms with Crippen molar-refractivity contribution in [1.29, 1.82) is 0 Å². The summed E-state index contributed by atoms with van der Waals surface area (Å²) in [5, 5.41) is 3.53. The monoisotopic (exact) mass is 278 g/mol. The molecule has 20 heavy (non-hydrogen) atoms. The van der Waals surface area contributed by atoms with E-state index in [0.717, 1.165) is 25.8 Å². The van der Waals surface area contributed by atoms with Crippen molar-refractivity contribution in [1.82, 2.24) is 4.90 Å². The van der Waals surface area contributed by atoms with E-state index in [9.17, 15) is 4.79 Å². The first kappa shape index (κ1) is 16.5. The van der Waals surface area contributed by atoms with Gasteiger partial charge in [0.1, 0.15) is 12.4 Å². The van der Waals surface area contributed by atoms with Gasteiger partial charge in [0.2, 0.25) is 0 Å². The van der Waals surface area contributed by atoms with Crippen LogP contribution in [0.4, 0.5) is 0 Å². The molecule has 6 nitrogen and oxygen atoms in total. The molecule has 0 radical (unpaired) electrons. The van der Waals surface area contributed by atoms with E-state index in [1.165, 1.54) is 0 Å². The minimum Gasteiger partial charge on any atom is -0.367 e. The Balaban J connectivity index is 2.43. The van der Waals surface area contributed by atoms with Gasteiger partial charge >= 0.3 is 0 Å². The van der Waals surface area contributed by atoms with Crippen LogP contribution in [0.5, 0.6) is 0 Å². The first-order valence-corrected chi connectivity index (χ1v) is 6.98. The summed E-state index contributed by atoms with van der Waals surface area (Å²) in [5.74, 6) is 2.55. The molecule has 1 fully saturated rings. The van der Waals surface area contributed by atoms with E-state index < -0.39 is 0 Å². The topological polar surface area (TPSA) is 78.3 Å². The van der Waals surface area contributed by atoms with Gasteiger partial charge in [-0.3, -0.25) is 9.69 Å². The molecule has 0 aliphatic carbocycles. The number of likely N-dealkylation sites (tertiary alicyclic amines) is 1. The number of terminal acetylenes is 1. The molecule has 0 aromatic heterocycles. The summed E-state index contributed by atoms with van der Waals surface area (Å²) in [6.45, 7) is 3.94. The van der Waals surface area contributed by atoms with Crippen LogP contribution >= 0.6 is 0 Å². The Morgan fingerprint density at radius 1 is 1.65 bits per heavy atom. The van der Waals surface area contributed by atoms with Gasteiger partial charge in [-0.1, -0.05) is 24.4 Å². The highest BCUT2D eigenvalue weighted by molar-refractivity contribution is 5.81. The van der Waals surface area contributed by atoms with Crippen molar-refractivity contribution >= 4 is 5.78 Å². The highest BCUT2D eigenvalue weighted by Crippen LogP contribution is 2.17. The number of ketones is 1. The second-order valence-corrected chi connectivity index (χ2v) is 5.14. The second kappa shape index (κ2) is 9.38. The van der Waals surface area contributed by atoms with Crippen molar-refractivity contribution < 1.29 is 9.53 Å². The van der Waals surface area contributed by atoms with Gasteiger partial charge in [-0.15, -0.1) is 6.42 Å². The van der Waals surface area contributed by atoms with Crippen molar-refractivity contribution in [2.24, 2.45) is 5.11 Å². The highest BCUT2D eigenvalue weighted by Gasteiger charge is 2.24. The lowest BCUT2D eigenvalue weighted by Crippen LogP contribution is -2.45. The smallest absolute Gasteiger partial charge is 0.147 e. The normalized spacial score (nSPS) is 20.7. The predicted octanol–water partition coefficient (Wildman–Crippen LogP) is 2.15. The molecule has 110 valence electrons. The molecule has 0 amide bonds. The van der Waals surface area contributed by atoms with Gasteiger partial charge in [0, 0.05) is 23.4 Å². The van der Waals surface area contributed by atoms with Crippen molar-refractivity contribution in [2.45, 2.75) is 44.7 Å². The minimum absolute atomic E-state index is 0.105. The van der Waals surface area contributed by atoms with Crippen molar-refractivity contribution in [2.75, 3.05) is 26.3 Å². The molecule has 1 heterocycles. The number of hydrogen-bond acceptors (Lipinski definition) is 4. The van der Waals surface area contributed by atoms with E-state index in [4.69, 9.17) is 16.7 Å². The third-order valence-electron chi connectivity index (χ3n) is 3.40. The zero-order valence-corrected chi connectivity index (χ0v) is 12.0. The number of rotatable bonds is 8. The molecule has 0 aromatic rings. The third kappa shape index (κ3) is 6.07. The zero-order chi connectivity index (χ0) is 14.8. The number of ether oxygens (including phenoxy) is 1. The minimum atomic E-state index is -0.284. The maximum absolute atomic E-state index is 12.0. The quantitative estimate of drug-likeness (QED) is 0.224. The van der Waals surface area contributed by atoms with Gasteiger partial charge in [0.05, 0.1) is 13.2 Å². The molecule has 6 heteroatoms. The molecule has 0 N–H and O–H groups in total. The molecule has 0 spiro atoms. The second-order valence-electron chi connectivity index (χ2n) is 5.14. The SMILES string of the molecule is C#CCOCC1CCCCN1CC(=O)CC(C)N=[N+]=[N-]. The summed E-state index contributed by atoms with van der Waals surface area (Å²) in [6, 6.07) is -0.0238. The van der Waals surface area contributed by atoms with Crippen LogP contribution in [0.1, 0.15) is 32.6 Å². The fourth-order valence-electron chi connectivity index (χ4n) is 2.46. The Hall–Kier alpha value is -1.54. The standard InChI is InChI=1S/C14H22N4O2/c1-3-8-20-11-13-6-4-5-7-18(13)10-14(19)9-12(2)16-17-15/h1,12-13H,4-11H2,2H3. The molecule has 2 atom stereocenters. The Labute approximate surface area is 120 Å². The lowest BCUT2D eigenvalue weighted by molar-refractivity contribution is -0.121. The van der Waals surface area contributed by atoms with Crippen LogP contribution in [0, 0.1) is 12.3 Å². The van der Waals surface area contributed by atoms with Crippen LogP contribution < -0.4 is 0 Å². The van der Waals surface area contributed by atoms with Crippen molar-refractivity contribution in [3.8, 4) is 12.3 Å². The van der Waals surface area contributed by atoms with Gasteiger partial charge in [0.15, 0.2) is 0 Å². The summed E-state index contributed by atoms with van der Waals surface area (Å²) in [5.41, 5.74) is 8.34. The Kier molecular flexibility index (Phi) is 7.74. The lowest BCUT2D eigenvalue weighted by Gasteiger charge is -2.35. The molecule has 0 bridgehead atoms. The maximum atomic E-state index is 12.0. The van der Waals surface area contributed by atoms with E-state index >= 15 is 0 Å². The summed E-state index contributed by atoms with van der Waals surface area (Å²) in [4.78, 5) is 16.9. The summed E-state index contributed by atoms with van der Waals surface area (Å²) < 4.78 is 5.40. The zero-order valence-electron chi connectivity index (χ0n) is 12.0. The molecule has 1 saturated heterocycles. The molecule has 1 aliphatic heterocycles. The summed E-state index contributed by atoms with van der Waals surface area (Å²) in [6.07, 6.45) is 8.74. The number of hydrogen-bond donors (Lipinski definition) is 0. The Bertz CT molecular complexity index is 398. The molecular formula is C14H22N4O2. The molecule has 0 aromatic carbocycles. The largest absolute Gasteiger partial charge is 0.367 e. The fourth-order valence-corrected chi connectivity index (χ4v) is 2.46. The van der Waals surface area contributed by atoms with Gasteiger partial charge in [-0.2, -0.15) is 0 Å². The van der Waals surface area contributed by atoms with Crippen LogP contribution in [-0.4, -0.2) is 49.1 Å². The van der Waals surface area contributed by atoms with Crippen molar-refractivity contribution in [3.63, 3.8) is 0 Å². The van der Waals surface area contributed by atoms with Crippen LogP contribution in [-0.2, 0) is 9.53 Å². The van der Waals surface area contributed by atoms with Gasteiger partial charge in [-0.25, -0.2) is 0 Å². The molecule has 0 saturated carbocycles. The number of piperidine rings is 1. The van der Waals surface area contributed by atoms with E-state index in [0.29, 0.717) is 26.2 Å². The van der Waals surface area contributed by atoms with Crippen LogP contribution in [0.2, 0.25) is 0 Å². The lowest BCUT2D eigenvalue weighted by atomic mass is 10.0. The maximum Gasteiger partial charge on any atom is 0.147 e.